The summed E-state index contributed by atoms with van der Waals surface area (Å²) in [5, 5.41) is 13.6. The third-order valence-electron chi connectivity index (χ3n) is 4.43. The van der Waals surface area contributed by atoms with Crippen molar-refractivity contribution in [3.8, 4) is 0 Å². The normalized spacial score (nSPS) is 24.1. The maximum atomic E-state index is 12.6. The van der Waals surface area contributed by atoms with Crippen LogP contribution in [0.25, 0.3) is 0 Å². The smallest absolute Gasteiger partial charge is 0.257 e. The van der Waals surface area contributed by atoms with Crippen LogP contribution in [0.5, 0.6) is 0 Å². The van der Waals surface area contributed by atoms with Gasteiger partial charge < -0.3 is 20.1 Å². The molecule has 2 heterocycles. The maximum absolute atomic E-state index is 12.6. The summed E-state index contributed by atoms with van der Waals surface area (Å²) in [4.78, 5) is 22.4. The number of piperidine rings is 1. The van der Waals surface area contributed by atoms with Gasteiger partial charge in [0.15, 0.2) is 0 Å². The number of anilines is 1. The first-order chi connectivity index (χ1) is 10.3. The van der Waals surface area contributed by atoms with Gasteiger partial charge in [-0.15, -0.1) is 0 Å². The molecule has 1 atom stereocenters. The number of carbonyl (C=O) groups excluding carboxylic acids is 1. The van der Waals surface area contributed by atoms with Crippen LogP contribution in [0.4, 0.5) is 5.95 Å². The number of methoxy groups -OCH3 is 1. The summed E-state index contributed by atoms with van der Waals surface area (Å²) >= 11 is 0. The monoisotopic (exact) mass is 308 g/mol. The van der Waals surface area contributed by atoms with E-state index in [9.17, 15) is 9.90 Å². The van der Waals surface area contributed by atoms with Crippen LogP contribution in [0, 0.1) is 5.41 Å². The van der Waals surface area contributed by atoms with Crippen molar-refractivity contribution in [2.24, 2.45) is 5.41 Å². The Balaban J connectivity index is 2.12. The van der Waals surface area contributed by atoms with Crippen molar-refractivity contribution in [2.45, 2.75) is 25.9 Å². The molecule has 1 fully saturated rings. The lowest BCUT2D eigenvalue weighted by molar-refractivity contribution is -0.144. The van der Waals surface area contributed by atoms with Crippen molar-refractivity contribution >= 4 is 11.9 Å². The molecule has 22 heavy (non-hydrogen) atoms. The van der Waals surface area contributed by atoms with Crippen LogP contribution in [0.2, 0.25) is 0 Å². The van der Waals surface area contributed by atoms with Crippen molar-refractivity contribution in [1.82, 2.24) is 14.9 Å². The Kier molecular flexibility index (Phi) is 4.67. The zero-order chi connectivity index (χ0) is 16.4. The van der Waals surface area contributed by atoms with E-state index in [0.717, 1.165) is 0 Å². The van der Waals surface area contributed by atoms with Crippen molar-refractivity contribution in [3.63, 3.8) is 0 Å². The van der Waals surface area contributed by atoms with Crippen molar-refractivity contribution < 1.29 is 14.6 Å². The number of aromatic nitrogens is 2. The van der Waals surface area contributed by atoms with Gasteiger partial charge in [-0.25, -0.2) is 9.97 Å². The number of likely N-dealkylation sites (tertiary alicyclic amines) is 1. The van der Waals surface area contributed by atoms with Crippen LogP contribution in [-0.4, -0.2) is 65.3 Å². The van der Waals surface area contributed by atoms with Crippen LogP contribution < -0.4 is 5.32 Å². The van der Waals surface area contributed by atoms with Crippen LogP contribution in [0.15, 0.2) is 12.4 Å². The third-order valence-corrected chi connectivity index (χ3v) is 4.43. The number of aliphatic hydroxyl groups is 1. The number of nitrogens with zero attached hydrogens (tertiary/aromatic N) is 3. The van der Waals surface area contributed by atoms with Gasteiger partial charge in [-0.2, -0.15) is 0 Å². The molecular weight excluding hydrogens is 284 g/mol. The quantitative estimate of drug-likeness (QED) is 0.854. The molecule has 0 bridgehead atoms. The lowest BCUT2D eigenvalue weighted by Crippen LogP contribution is -2.60. The van der Waals surface area contributed by atoms with Gasteiger partial charge in [0.1, 0.15) is 0 Å². The summed E-state index contributed by atoms with van der Waals surface area (Å²) in [5.74, 6) is 0.361. The molecule has 0 aromatic carbocycles. The molecule has 1 aromatic rings. The molecule has 7 heteroatoms. The number of hydrogen-bond donors (Lipinski definition) is 2. The molecule has 1 aliphatic heterocycles. The van der Waals surface area contributed by atoms with Crippen LogP contribution in [0.1, 0.15) is 30.6 Å². The van der Waals surface area contributed by atoms with Crippen LogP contribution in [-0.2, 0) is 4.74 Å². The highest BCUT2D eigenvalue weighted by atomic mass is 16.5. The summed E-state index contributed by atoms with van der Waals surface area (Å²) in [6.45, 7) is 5.11. The summed E-state index contributed by atoms with van der Waals surface area (Å²) in [6.07, 6.45) is 3.52. The molecule has 0 radical (unpaired) electrons. The minimum Gasteiger partial charge on any atom is -0.387 e. The Bertz CT molecular complexity index is 532. The molecule has 1 saturated heterocycles. The molecule has 2 rings (SSSR count). The standard InChI is InChI=1S/C15H24N4O3/c1-14(2)9-19(6-5-15(14,21)10-22-4)12(20)11-7-17-13(16-3)18-8-11/h7-8,21H,5-6,9-10H2,1-4H3,(H,16,17,18)/t15-/m1/s1. The number of hydrogen-bond acceptors (Lipinski definition) is 6. The second kappa shape index (κ2) is 6.18. The first-order valence-corrected chi connectivity index (χ1v) is 7.33. The molecule has 2 N–H and O–H groups in total. The van der Waals surface area contributed by atoms with Crippen molar-refractivity contribution in [1.29, 1.82) is 0 Å². The summed E-state index contributed by atoms with van der Waals surface area (Å²) in [5.41, 5.74) is -0.930. The number of ether oxygens (including phenoxy) is 1. The van der Waals surface area contributed by atoms with Crippen molar-refractivity contribution in [2.75, 3.05) is 39.2 Å². The lowest BCUT2D eigenvalue weighted by atomic mass is 9.70. The van der Waals surface area contributed by atoms with E-state index in [1.807, 2.05) is 13.8 Å². The van der Waals surface area contributed by atoms with Crippen LogP contribution >= 0.6 is 0 Å². The first kappa shape index (κ1) is 16.6. The predicted molar refractivity (Wildman–Crippen MR) is 82.7 cm³/mol. The fourth-order valence-electron chi connectivity index (χ4n) is 2.79. The number of nitrogens with one attached hydrogen (secondary N) is 1. The number of carbonyl (C=O) groups is 1. The molecule has 0 saturated carbocycles. The van der Waals surface area contributed by atoms with E-state index < -0.39 is 11.0 Å². The summed E-state index contributed by atoms with van der Waals surface area (Å²) in [7, 11) is 3.30. The predicted octanol–water partition coefficient (Wildman–Crippen LogP) is 0.768. The molecule has 1 aromatic heterocycles. The maximum Gasteiger partial charge on any atom is 0.257 e. The Morgan fingerprint density at radius 3 is 2.59 bits per heavy atom. The van der Waals surface area contributed by atoms with Crippen LogP contribution in [0.3, 0.4) is 0 Å². The minimum atomic E-state index is -0.926. The molecular formula is C15H24N4O3. The molecule has 0 aliphatic carbocycles. The molecule has 0 spiro atoms. The molecule has 122 valence electrons. The third kappa shape index (κ3) is 3.05. The summed E-state index contributed by atoms with van der Waals surface area (Å²) < 4.78 is 5.15. The van der Waals surface area contributed by atoms with Gasteiger partial charge in [0.25, 0.3) is 5.91 Å². The Labute approximate surface area is 130 Å². The molecule has 0 unspecified atom stereocenters. The van der Waals surface area contributed by atoms with E-state index in [2.05, 4.69) is 15.3 Å². The zero-order valence-electron chi connectivity index (χ0n) is 13.6. The Morgan fingerprint density at radius 1 is 1.45 bits per heavy atom. The molecule has 1 aliphatic rings. The van der Waals surface area contributed by atoms with E-state index >= 15 is 0 Å². The molecule has 1 amide bonds. The highest BCUT2D eigenvalue weighted by molar-refractivity contribution is 5.93. The Hall–Kier alpha value is -1.73. The van der Waals surface area contributed by atoms with Gasteiger partial charge in [-0.3, -0.25) is 4.79 Å². The first-order valence-electron chi connectivity index (χ1n) is 7.33. The largest absolute Gasteiger partial charge is 0.387 e. The second-order valence-corrected chi connectivity index (χ2v) is 6.37. The van der Waals surface area contributed by atoms with E-state index in [-0.39, 0.29) is 12.5 Å². The topological polar surface area (TPSA) is 87.6 Å². The van der Waals surface area contributed by atoms with Gasteiger partial charge in [-0.05, 0) is 6.42 Å². The van der Waals surface area contributed by atoms with E-state index in [0.29, 0.717) is 31.0 Å². The number of amides is 1. The molecule has 7 nitrogen and oxygen atoms in total. The van der Waals surface area contributed by atoms with E-state index in [1.165, 1.54) is 12.4 Å². The fourth-order valence-corrected chi connectivity index (χ4v) is 2.79. The SMILES string of the molecule is CNc1ncc(C(=O)N2CC[C@@](O)(COC)C(C)(C)C2)cn1. The van der Waals surface area contributed by atoms with Gasteiger partial charge >= 0.3 is 0 Å². The highest BCUT2D eigenvalue weighted by Crippen LogP contribution is 2.39. The zero-order valence-corrected chi connectivity index (χ0v) is 13.6. The van der Waals surface area contributed by atoms with E-state index in [1.54, 1.807) is 19.1 Å². The minimum absolute atomic E-state index is 0.116. The van der Waals surface area contributed by atoms with Gasteiger partial charge in [-0.1, -0.05) is 13.8 Å². The average molecular weight is 308 g/mol. The number of rotatable bonds is 4. The average Bonchev–Trinajstić information content (AvgIpc) is 2.50. The van der Waals surface area contributed by atoms with Gasteiger partial charge in [0.05, 0.1) is 17.8 Å². The van der Waals surface area contributed by atoms with Crippen molar-refractivity contribution in [3.05, 3.63) is 18.0 Å². The highest BCUT2D eigenvalue weighted by Gasteiger charge is 2.48. The van der Waals surface area contributed by atoms with Gasteiger partial charge in [0.2, 0.25) is 5.95 Å². The lowest BCUT2D eigenvalue weighted by Gasteiger charge is -2.49. The van der Waals surface area contributed by atoms with Gasteiger partial charge in [0, 0.05) is 45.1 Å². The van der Waals surface area contributed by atoms with E-state index in [4.69, 9.17) is 4.74 Å². The fraction of sp³-hybridized carbons (Fsp3) is 0.667. The Morgan fingerprint density at radius 2 is 2.09 bits per heavy atom. The second-order valence-electron chi connectivity index (χ2n) is 6.37. The summed E-state index contributed by atoms with van der Waals surface area (Å²) in [6, 6.07) is 0.